The number of aromatic nitrogens is 2. The molecule has 0 aliphatic heterocycles. The SMILES string of the molecule is c1ccc(-c2ccc3c(c2)c2ccccc2n3-c2ccc3c4c(cccc24)-c2ccncc2-3)cc1. The second-order valence-electron chi connectivity index (χ2n) is 9.23. The Hall–Kier alpha value is -4.69. The molecule has 162 valence electrons. The Bertz CT molecular complexity index is 1910. The molecule has 0 unspecified atom stereocenters. The molecule has 0 amide bonds. The zero-order valence-corrected chi connectivity index (χ0v) is 18.9. The van der Waals surface area contributed by atoms with Gasteiger partial charge in [0.25, 0.3) is 0 Å². The molecule has 7 aromatic rings. The Balaban J connectivity index is 1.46. The molecule has 8 rings (SSSR count). The van der Waals surface area contributed by atoms with Crippen molar-refractivity contribution in [3.63, 3.8) is 0 Å². The molecule has 0 bridgehead atoms. The predicted octanol–water partition coefficient (Wildman–Crippen LogP) is 8.65. The van der Waals surface area contributed by atoms with Gasteiger partial charge in [-0.25, -0.2) is 0 Å². The van der Waals surface area contributed by atoms with E-state index in [-0.39, 0.29) is 0 Å². The minimum absolute atomic E-state index is 1.21. The number of para-hydroxylation sites is 1. The molecule has 2 heterocycles. The number of pyridine rings is 1. The van der Waals surface area contributed by atoms with Crippen LogP contribution < -0.4 is 0 Å². The van der Waals surface area contributed by atoms with E-state index in [4.69, 9.17) is 0 Å². The molecular formula is C33H20N2. The van der Waals surface area contributed by atoms with Crippen molar-refractivity contribution in [3.8, 4) is 39.1 Å². The summed E-state index contributed by atoms with van der Waals surface area (Å²) in [4.78, 5) is 4.41. The summed E-state index contributed by atoms with van der Waals surface area (Å²) in [6, 6.07) is 39.6. The Kier molecular flexibility index (Phi) is 3.69. The largest absolute Gasteiger partial charge is 0.309 e. The van der Waals surface area contributed by atoms with E-state index in [9.17, 15) is 0 Å². The van der Waals surface area contributed by atoms with Crippen LogP contribution in [0.3, 0.4) is 0 Å². The highest BCUT2D eigenvalue weighted by Crippen LogP contribution is 2.48. The van der Waals surface area contributed by atoms with E-state index < -0.39 is 0 Å². The Morgan fingerprint density at radius 2 is 1.29 bits per heavy atom. The summed E-state index contributed by atoms with van der Waals surface area (Å²) in [5.74, 6) is 0. The maximum atomic E-state index is 4.41. The van der Waals surface area contributed by atoms with Crippen molar-refractivity contribution in [2.75, 3.05) is 0 Å². The van der Waals surface area contributed by atoms with E-state index in [0.29, 0.717) is 0 Å². The first-order chi connectivity index (χ1) is 17.4. The van der Waals surface area contributed by atoms with Crippen LogP contribution in [0, 0.1) is 0 Å². The first-order valence-corrected chi connectivity index (χ1v) is 12.0. The lowest BCUT2D eigenvalue weighted by atomic mass is 10.0. The monoisotopic (exact) mass is 444 g/mol. The van der Waals surface area contributed by atoms with Crippen LogP contribution in [0.5, 0.6) is 0 Å². The first kappa shape index (κ1) is 18.7. The van der Waals surface area contributed by atoms with Crippen molar-refractivity contribution in [2.45, 2.75) is 0 Å². The molecule has 1 aliphatic rings. The molecule has 0 atom stereocenters. The van der Waals surface area contributed by atoms with Crippen molar-refractivity contribution in [3.05, 3.63) is 122 Å². The zero-order chi connectivity index (χ0) is 22.9. The number of hydrogen-bond donors (Lipinski definition) is 0. The lowest BCUT2D eigenvalue weighted by molar-refractivity contribution is 1.20. The molecule has 2 heteroatoms. The van der Waals surface area contributed by atoms with Gasteiger partial charge in [0, 0.05) is 34.1 Å². The number of nitrogens with zero attached hydrogens (tertiary/aromatic N) is 2. The summed E-state index contributed by atoms with van der Waals surface area (Å²) in [7, 11) is 0. The van der Waals surface area contributed by atoms with Crippen LogP contribution in [0.25, 0.3) is 71.6 Å². The van der Waals surface area contributed by atoms with E-state index in [1.165, 1.54) is 71.6 Å². The summed E-state index contributed by atoms with van der Waals surface area (Å²) in [5.41, 5.74) is 11.2. The van der Waals surface area contributed by atoms with Crippen LogP contribution in [0.15, 0.2) is 122 Å². The van der Waals surface area contributed by atoms with Gasteiger partial charge in [0.1, 0.15) is 0 Å². The van der Waals surface area contributed by atoms with E-state index in [1.807, 2.05) is 12.4 Å². The molecule has 0 spiro atoms. The smallest absolute Gasteiger partial charge is 0.0541 e. The molecule has 1 aliphatic carbocycles. The average molecular weight is 445 g/mol. The summed E-state index contributed by atoms with van der Waals surface area (Å²) < 4.78 is 2.43. The van der Waals surface area contributed by atoms with Crippen LogP contribution in [0.4, 0.5) is 0 Å². The lowest BCUT2D eigenvalue weighted by Crippen LogP contribution is -1.95. The van der Waals surface area contributed by atoms with Gasteiger partial charge in [-0.2, -0.15) is 0 Å². The molecule has 5 aromatic carbocycles. The zero-order valence-electron chi connectivity index (χ0n) is 18.9. The average Bonchev–Trinajstić information content (AvgIpc) is 3.44. The highest BCUT2D eigenvalue weighted by molar-refractivity contribution is 6.18. The van der Waals surface area contributed by atoms with Crippen molar-refractivity contribution in [1.82, 2.24) is 9.55 Å². The Labute approximate surface area is 202 Å². The topological polar surface area (TPSA) is 17.8 Å². The quantitative estimate of drug-likeness (QED) is 0.261. The molecule has 2 aromatic heterocycles. The van der Waals surface area contributed by atoms with E-state index in [2.05, 4.69) is 119 Å². The third kappa shape index (κ3) is 2.51. The van der Waals surface area contributed by atoms with Crippen molar-refractivity contribution >= 4 is 32.6 Å². The number of hydrogen-bond acceptors (Lipinski definition) is 1. The third-order valence-corrected chi connectivity index (χ3v) is 7.44. The normalized spacial score (nSPS) is 12.0. The van der Waals surface area contributed by atoms with E-state index in [1.54, 1.807) is 0 Å². The standard InChI is InChI=1S/C33H20N2/c1-2-7-21(8-3-1)22-13-15-32-28(19-22)24-9-4-5-12-30(24)35(32)31-16-14-26-29-20-34-18-17-23(29)25-10-6-11-27(31)33(25)26/h1-20H. The second kappa shape index (κ2) is 6.91. The van der Waals surface area contributed by atoms with Crippen molar-refractivity contribution in [1.29, 1.82) is 0 Å². The molecule has 0 radical (unpaired) electrons. The predicted molar refractivity (Wildman–Crippen MR) is 146 cm³/mol. The third-order valence-electron chi connectivity index (χ3n) is 7.44. The number of fused-ring (bicyclic) bond motifs is 6. The van der Waals surface area contributed by atoms with Gasteiger partial charge in [-0.3, -0.25) is 4.98 Å². The lowest BCUT2D eigenvalue weighted by Gasteiger charge is -2.13. The molecule has 35 heavy (non-hydrogen) atoms. The van der Waals surface area contributed by atoms with Gasteiger partial charge >= 0.3 is 0 Å². The minimum atomic E-state index is 1.21. The summed E-state index contributed by atoms with van der Waals surface area (Å²) >= 11 is 0. The Morgan fingerprint density at radius 3 is 2.23 bits per heavy atom. The second-order valence-corrected chi connectivity index (χ2v) is 9.23. The molecule has 0 saturated heterocycles. The van der Waals surface area contributed by atoms with Crippen LogP contribution in [-0.4, -0.2) is 9.55 Å². The van der Waals surface area contributed by atoms with Crippen LogP contribution in [-0.2, 0) is 0 Å². The van der Waals surface area contributed by atoms with Crippen LogP contribution in [0.1, 0.15) is 0 Å². The fourth-order valence-corrected chi connectivity index (χ4v) is 5.92. The van der Waals surface area contributed by atoms with Gasteiger partial charge in [-0.1, -0.05) is 78.9 Å². The highest BCUT2D eigenvalue weighted by atomic mass is 15.0. The van der Waals surface area contributed by atoms with Crippen LogP contribution >= 0.6 is 0 Å². The molecule has 0 fully saturated rings. The minimum Gasteiger partial charge on any atom is -0.309 e. The van der Waals surface area contributed by atoms with Gasteiger partial charge in [-0.05, 0) is 63.5 Å². The Morgan fingerprint density at radius 1 is 0.486 bits per heavy atom. The summed E-state index contributed by atoms with van der Waals surface area (Å²) in [6.45, 7) is 0. The number of benzene rings is 5. The maximum Gasteiger partial charge on any atom is 0.0541 e. The number of rotatable bonds is 2. The van der Waals surface area contributed by atoms with Crippen molar-refractivity contribution < 1.29 is 0 Å². The van der Waals surface area contributed by atoms with E-state index >= 15 is 0 Å². The van der Waals surface area contributed by atoms with Crippen LogP contribution in [0.2, 0.25) is 0 Å². The van der Waals surface area contributed by atoms with Gasteiger partial charge in [0.05, 0.1) is 16.7 Å². The first-order valence-electron chi connectivity index (χ1n) is 12.0. The molecule has 0 N–H and O–H groups in total. The highest BCUT2D eigenvalue weighted by Gasteiger charge is 2.23. The molecule has 2 nitrogen and oxygen atoms in total. The van der Waals surface area contributed by atoms with Gasteiger partial charge in [0.15, 0.2) is 0 Å². The van der Waals surface area contributed by atoms with Crippen molar-refractivity contribution in [2.24, 2.45) is 0 Å². The van der Waals surface area contributed by atoms with Gasteiger partial charge in [-0.15, -0.1) is 0 Å². The maximum absolute atomic E-state index is 4.41. The molecular weight excluding hydrogens is 424 g/mol. The van der Waals surface area contributed by atoms with Gasteiger partial charge in [0.2, 0.25) is 0 Å². The fourth-order valence-electron chi connectivity index (χ4n) is 5.92. The van der Waals surface area contributed by atoms with Gasteiger partial charge < -0.3 is 4.57 Å². The van der Waals surface area contributed by atoms with E-state index in [0.717, 1.165) is 0 Å². The summed E-state index contributed by atoms with van der Waals surface area (Å²) in [5, 5.41) is 5.14. The fraction of sp³-hybridized carbons (Fsp3) is 0. The summed E-state index contributed by atoms with van der Waals surface area (Å²) in [6.07, 6.45) is 3.89. The molecule has 0 saturated carbocycles.